The highest BCUT2D eigenvalue weighted by Gasteiger charge is 2.23. The summed E-state index contributed by atoms with van der Waals surface area (Å²) in [6.07, 6.45) is 1.66. The number of nitro benzene ring substituents is 1. The molecule has 0 aliphatic rings. The van der Waals surface area contributed by atoms with E-state index in [-0.39, 0.29) is 28.2 Å². The van der Waals surface area contributed by atoms with Crippen LogP contribution in [0.2, 0.25) is 5.02 Å². The van der Waals surface area contributed by atoms with Gasteiger partial charge in [0, 0.05) is 40.6 Å². The van der Waals surface area contributed by atoms with Gasteiger partial charge in [0.15, 0.2) is 0 Å². The number of halogens is 2. The summed E-state index contributed by atoms with van der Waals surface area (Å²) in [5.41, 5.74) is 0.0799. The van der Waals surface area contributed by atoms with Crippen LogP contribution in [0.3, 0.4) is 0 Å². The Kier molecular flexibility index (Phi) is 7.11. The zero-order valence-electron chi connectivity index (χ0n) is 12.0. The van der Waals surface area contributed by atoms with Gasteiger partial charge in [-0.25, -0.2) is 0 Å². The Labute approximate surface area is 137 Å². The maximum atomic E-state index is 12.6. The molecule has 5 nitrogen and oxygen atoms in total. The average molecular weight is 378 g/mol. The zero-order valence-corrected chi connectivity index (χ0v) is 14.4. The number of hydrogen-bond acceptors (Lipinski definition) is 3. The minimum atomic E-state index is -0.547. The average Bonchev–Trinajstić information content (AvgIpc) is 2.46. The Morgan fingerprint density at radius 2 is 2.00 bits per heavy atom. The van der Waals surface area contributed by atoms with Crippen molar-refractivity contribution in [3.05, 3.63) is 38.9 Å². The number of carbonyl (C=O) groups is 1. The van der Waals surface area contributed by atoms with Crippen LogP contribution in [0, 0.1) is 10.1 Å². The second kappa shape index (κ2) is 8.34. The largest absolute Gasteiger partial charge is 0.335 e. The van der Waals surface area contributed by atoms with Crippen LogP contribution in [0.1, 0.15) is 37.0 Å². The molecule has 0 N–H and O–H groups in total. The summed E-state index contributed by atoms with van der Waals surface area (Å²) in [4.78, 5) is 24.7. The number of carbonyl (C=O) groups excluding carboxylic acids is 1. The summed E-state index contributed by atoms with van der Waals surface area (Å²) in [6.45, 7) is 4.58. The molecular formula is C14H18BrClN2O3. The van der Waals surface area contributed by atoms with E-state index < -0.39 is 4.92 Å². The molecule has 0 saturated heterocycles. The molecule has 0 heterocycles. The van der Waals surface area contributed by atoms with E-state index in [1.54, 1.807) is 4.90 Å². The summed E-state index contributed by atoms with van der Waals surface area (Å²) in [5, 5.41) is 11.7. The maximum absolute atomic E-state index is 12.6. The zero-order chi connectivity index (χ0) is 16.0. The van der Waals surface area contributed by atoms with Crippen LogP contribution in [0.5, 0.6) is 0 Å². The van der Waals surface area contributed by atoms with Gasteiger partial charge in [-0.3, -0.25) is 14.9 Å². The maximum Gasteiger partial charge on any atom is 0.271 e. The highest BCUT2D eigenvalue weighted by Crippen LogP contribution is 2.23. The number of non-ortho nitro benzene ring substituents is 1. The van der Waals surface area contributed by atoms with Gasteiger partial charge >= 0.3 is 0 Å². The van der Waals surface area contributed by atoms with Gasteiger partial charge in [-0.1, -0.05) is 41.4 Å². The molecule has 7 heteroatoms. The lowest BCUT2D eigenvalue weighted by atomic mass is 10.1. The fourth-order valence-electron chi connectivity index (χ4n) is 2.24. The molecule has 0 unspecified atom stereocenters. The first-order chi connectivity index (χ1) is 9.94. The van der Waals surface area contributed by atoms with Crippen LogP contribution < -0.4 is 0 Å². The van der Waals surface area contributed by atoms with E-state index in [4.69, 9.17) is 11.6 Å². The third kappa shape index (κ3) is 4.68. The molecular weight excluding hydrogens is 360 g/mol. The number of amides is 1. The van der Waals surface area contributed by atoms with Crippen molar-refractivity contribution in [3.8, 4) is 0 Å². The van der Waals surface area contributed by atoms with Gasteiger partial charge in [-0.2, -0.15) is 0 Å². The fraction of sp³-hybridized carbons (Fsp3) is 0.500. The van der Waals surface area contributed by atoms with E-state index in [9.17, 15) is 14.9 Å². The van der Waals surface area contributed by atoms with Crippen LogP contribution >= 0.6 is 27.5 Å². The molecule has 0 spiro atoms. The Bertz CT molecular complexity index is 521. The molecule has 0 saturated carbocycles. The molecule has 0 aliphatic heterocycles. The molecule has 116 valence electrons. The molecule has 0 aliphatic carbocycles. The van der Waals surface area contributed by atoms with Gasteiger partial charge in [0.2, 0.25) is 0 Å². The van der Waals surface area contributed by atoms with Crippen LogP contribution in [-0.2, 0) is 0 Å². The summed E-state index contributed by atoms with van der Waals surface area (Å²) < 4.78 is 0. The molecule has 0 bridgehead atoms. The van der Waals surface area contributed by atoms with E-state index in [1.807, 2.05) is 13.8 Å². The standard InChI is InChI=1S/C14H18BrClN2O3/c1-3-12(4-2)17(6-5-15)14(19)10-7-11(16)9-13(8-10)18(20)21/h7-9,12H,3-6H2,1-2H3. The van der Waals surface area contributed by atoms with Crippen molar-refractivity contribution in [1.82, 2.24) is 4.90 Å². The van der Waals surface area contributed by atoms with Crippen molar-refractivity contribution in [1.29, 1.82) is 0 Å². The van der Waals surface area contributed by atoms with E-state index >= 15 is 0 Å². The molecule has 1 aromatic carbocycles. The summed E-state index contributed by atoms with van der Waals surface area (Å²) in [5.74, 6) is -0.228. The van der Waals surface area contributed by atoms with Gasteiger partial charge in [-0.05, 0) is 18.9 Å². The van der Waals surface area contributed by atoms with Gasteiger partial charge < -0.3 is 4.90 Å². The quantitative estimate of drug-likeness (QED) is 0.405. The molecule has 0 aromatic heterocycles. The summed E-state index contributed by atoms with van der Waals surface area (Å²) >= 11 is 9.22. The first kappa shape index (κ1) is 17.9. The monoisotopic (exact) mass is 376 g/mol. The normalized spacial score (nSPS) is 10.7. The SMILES string of the molecule is CCC(CC)N(CCBr)C(=O)c1cc(Cl)cc([N+](=O)[O-])c1. The molecule has 1 aromatic rings. The minimum absolute atomic E-state index is 0.105. The first-order valence-corrected chi connectivity index (χ1v) is 8.26. The lowest BCUT2D eigenvalue weighted by Crippen LogP contribution is -2.41. The summed E-state index contributed by atoms with van der Waals surface area (Å²) in [6, 6.07) is 4.09. The Hall–Kier alpha value is -1.14. The van der Waals surface area contributed by atoms with E-state index in [1.165, 1.54) is 18.2 Å². The van der Waals surface area contributed by atoms with Gasteiger partial charge in [-0.15, -0.1) is 0 Å². The lowest BCUT2D eigenvalue weighted by molar-refractivity contribution is -0.384. The van der Waals surface area contributed by atoms with Crippen LogP contribution in [0.25, 0.3) is 0 Å². The number of rotatable bonds is 7. The summed E-state index contributed by atoms with van der Waals surface area (Å²) in [7, 11) is 0. The van der Waals surface area contributed by atoms with E-state index in [0.29, 0.717) is 11.9 Å². The highest BCUT2D eigenvalue weighted by molar-refractivity contribution is 9.09. The predicted octanol–water partition coefficient (Wildman–Crippen LogP) is 4.27. The van der Waals surface area contributed by atoms with Crippen molar-refractivity contribution in [2.24, 2.45) is 0 Å². The van der Waals surface area contributed by atoms with Crippen molar-refractivity contribution >= 4 is 39.1 Å². The van der Waals surface area contributed by atoms with Crippen molar-refractivity contribution < 1.29 is 9.72 Å². The van der Waals surface area contributed by atoms with Crippen molar-refractivity contribution in [2.75, 3.05) is 11.9 Å². The van der Waals surface area contributed by atoms with Crippen molar-refractivity contribution in [3.63, 3.8) is 0 Å². The van der Waals surface area contributed by atoms with Gasteiger partial charge in [0.05, 0.1) is 4.92 Å². The van der Waals surface area contributed by atoms with Gasteiger partial charge in [0.1, 0.15) is 0 Å². The molecule has 0 radical (unpaired) electrons. The Balaban J connectivity index is 3.16. The molecule has 21 heavy (non-hydrogen) atoms. The second-order valence-corrected chi connectivity index (χ2v) is 5.84. The highest BCUT2D eigenvalue weighted by atomic mass is 79.9. The lowest BCUT2D eigenvalue weighted by Gasteiger charge is -2.30. The van der Waals surface area contributed by atoms with E-state index in [2.05, 4.69) is 15.9 Å². The van der Waals surface area contributed by atoms with Crippen LogP contribution in [0.15, 0.2) is 18.2 Å². The Morgan fingerprint density at radius 3 is 2.48 bits per heavy atom. The topological polar surface area (TPSA) is 63.5 Å². The molecule has 0 fully saturated rings. The first-order valence-electron chi connectivity index (χ1n) is 6.76. The molecule has 0 atom stereocenters. The minimum Gasteiger partial charge on any atom is -0.335 e. The number of nitro groups is 1. The third-order valence-electron chi connectivity index (χ3n) is 3.31. The van der Waals surface area contributed by atoms with Gasteiger partial charge in [0.25, 0.3) is 11.6 Å². The van der Waals surface area contributed by atoms with Crippen LogP contribution in [0.4, 0.5) is 5.69 Å². The van der Waals surface area contributed by atoms with Crippen molar-refractivity contribution in [2.45, 2.75) is 32.7 Å². The number of alkyl halides is 1. The smallest absolute Gasteiger partial charge is 0.271 e. The van der Waals surface area contributed by atoms with Crippen LogP contribution in [-0.4, -0.2) is 33.6 Å². The second-order valence-electron chi connectivity index (χ2n) is 4.61. The molecule has 1 amide bonds. The van der Waals surface area contributed by atoms with E-state index in [0.717, 1.165) is 12.8 Å². The predicted molar refractivity (Wildman–Crippen MR) is 87.3 cm³/mol. The third-order valence-corrected chi connectivity index (χ3v) is 3.88. The number of nitrogens with zero attached hydrogens (tertiary/aromatic N) is 2. The Morgan fingerprint density at radius 1 is 1.38 bits per heavy atom. The number of benzene rings is 1. The number of hydrogen-bond donors (Lipinski definition) is 0. The fourth-order valence-corrected chi connectivity index (χ4v) is 2.85. The molecule has 1 rings (SSSR count).